The summed E-state index contributed by atoms with van der Waals surface area (Å²) in [6, 6.07) is 0. The highest BCUT2D eigenvalue weighted by atomic mass is 16.8. The van der Waals surface area contributed by atoms with E-state index in [4.69, 9.17) is 9.47 Å². The summed E-state index contributed by atoms with van der Waals surface area (Å²) in [6.07, 6.45) is 3.67. The van der Waals surface area contributed by atoms with Crippen LogP contribution >= 0.6 is 0 Å². The summed E-state index contributed by atoms with van der Waals surface area (Å²) < 4.78 is 11.7. The van der Waals surface area contributed by atoms with Crippen molar-refractivity contribution >= 4 is 6.29 Å². The van der Waals surface area contributed by atoms with Gasteiger partial charge in [0.15, 0.2) is 5.79 Å². The van der Waals surface area contributed by atoms with Gasteiger partial charge in [0.2, 0.25) is 0 Å². The molecule has 2 saturated carbocycles. The first-order valence-corrected chi connectivity index (χ1v) is 5.42. The molecule has 1 aliphatic heterocycles. The molecule has 5 unspecified atom stereocenters. The van der Waals surface area contributed by atoms with Gasteiger partial charge in [-0.25, -0.2) is 0 Å². The van der Waals surface area contributed by atoms with E-state index in [0.717, 1.165) is 19.1 Å². The van der Waals surface area contributed by atoms with Gasteiger partial charge in [0, 0.05) is 5.92 Å². The quantitative estimate of drug-likeness (QED) is 0.594. The number of carbonyl (C=O) groups is 1. The van der Waals surface area contributed by atoms with E-state index in [1.807, 2.05) is 13.8 Å². The second-order valence-corrected chi connectivity index (χ2v) is 5.26. The Morgan fingerprint density at radius 1 is 1.21 bits per heavy atom. The van der Waals surface area contributed by atoms with Crippen LogP contribution in [-0.4, -0.2) is 24.3 Å². The first kappa shape index (κ1) is 8.86. The molecule has 3 heteroatoms. The second-order valence-electron chi connectivity index (χ2n) is 5.26. The molecule has 3 rings (SSSR count). The van der Waals surface area contributed by atoms with Gasteiger partial charge in [-0.3, -0.25) is 0 Å². The maximum Gasteiger partial charge on any atom is 0.163 e. The first-order valence-electron chi connectivity index (χ1n) is 5.42. The van der Waals surface area contributed by atoms with Crippen molar-refractivity contribution in [2.24, 2.45) is 17.8 Å². The first-order chi connectivity index (χ1) is 6.61. The van der Waals surface area contributed by atoms with Crippen molar-refractivity contribution in [1.82, 2.24) is 0 Å². The fraction of sp³-hybridized carbons (Fsp3) is 0.909. The highest BCUT2D eigenvalue weighted by Crippen LogP contribution is 2.54. The second kappa shape index (κ2) is 2.58. The average molecular weight is 196 g/mol. The summed E-state index contributed by atoms with van der Waals surface area (Å²) in [7, 11) is 0. The summed E-state index contributed by atoms with van der Waals surface area (Å²) in [5, 5.41) is 0. The van der Waals surface area contributed by atoms with Crippen molar-refractivity contribution in [1.29, 1.82) is 0 Å². The number of ether oxygens (including phenoxy) is 2. The topological polar surface area (TPSA) is 35.5 Å². The van der Waals surface area contributed by atoms with Crippen LogP contribution in [0.1, 0.15) is 26.7 Å². The average Bonchev–Trinajstić information content (AvgIpc) is 2.70. The minimum absolute atomic E-state index is 0.180. The SMILES string of the molecule is CC1(C)OC2C3CC(C=O)C(C3)C2O1. The lowest BCUT2D eigenvalue weighted by Crippen LogP contribution is -2.34. The Balaban J connectivity index is 1.85. The Morgan fingerprint density at radius 2 is 1.93 bits per heavy atom. The molecular weight excluding hydrogens is 180 g/mol. The molecule has 3 nitrogen and oxygen atoms in total. The summed E-state index contributed by atoms with van der Waals surface area (Å²) >= 11 is 0. The summed E-state index contributed by atoms with van der Waals surface area (Å²) in [6.45, 7) is 3.92. The molecule has 0 N–H and O–H groups in total. The predicted octanol–water partition coefficient (Wildman–Crippen LogP) is 1.36. The van der Waals surface area contributed by atoms with Gasteiger partial charge in [-0.15, -0.1) is 0 Å². The van der Waals surface area contributed by atoms with Crippen LogP contribution in [-0.2, 0) is 14.3 Å². The van der Waals surface area contributed by atoms with E-state index in [-0.39, 0.29) is 18.1 Å². The molecule has 0 aromatic heterocycles. The molecule has 1 heterocycles. The van der Waals surface area contributed by atoms with Crippen molar-refractivity contribution in [2.75, 3.05) is 0 Å². The molecule has 3 fully saturated rings. The third-order valence-corrected chi connectivity index (χ3v) is 3.92. The van der Waals surface area contributed by atoms with E-state index >= 15 is 0 Å². The molecule has 3 aliphatic rings. The summed E-state index contributed by atoms with van der Waals surface area (Å²) in [4.78, 5) is 10.9. The Kier molecular flexibility index (Phi) is 1.63. The van der Waals surface area contributed by atoms with Crippen LogP contribution in [0.2, 0.25) is 0 Å². The number of rotatable bonds is 1. The maximum absolute atomic E-state index is 10.9. The molecule has 0 aromatic carbocycles. The van der Waals surface area contributed by atoms with Gasteiger partial charge in [-0.1, -0.05) is 0 Å². The molecule has 0 spiro atoms. The van der Waals surface area contributed by atoms with Crippen molar-refractivity contribution < 1.29 is 14.3 Å². The largest absolute Gasteiger partial charge is 0.344 e. The van der Waals surface area contributed by atoms with Gasteiger partial charge in [0.25, 0.3) is 0 Å². The molecular formula is C11H16O3. The van der Waals surface area contributed by atoms with Gasteiger partial charge < -0.3 is 14.3 Å². The number of hydrogen-bond acceptors (Lipinski definition) is 3. The molecule has 0 amide bonds. The van der Waals surface area contributed by atoms with Gasteiger partial charge >= 0.3 is 0 Å². The van der Waals surface area contributed by atoms with Crippen LogP contribution in [0.4, 0.5) is 0 Å². The molecule has 1 saturated heterocycles. The van der Waals surface area contributed by atoms with E-state index in [1.54, 1.807) is 0 Å². The van der Waals surface area contributed by atoms with E-state index in [9.17, 15) is 4.79 Å². The smallest absolute Gasteiger partial charge is 0.163 e. The van der Waals surface area contributed by atoms with E-state index in [2.05, 4.69) is 0 Å². The van der Waals surface area contributed by atoms with E-state index < -0.39 is 5.79 Å². The third kappa shape index (κ3) is 1.03. The Hall–Kier alpha value is -0.410. The van der Waals surface area contributed by atoms with Gasteiger partial charge in [-0.05, 0) is 38.5 Å². The zero-order chi connectivity index (χ0) is 9.92. The maximum atomic E-state index is 10.9. The molecule has 14 heavy (non-hydrogen) atoms. The van der Waals surface area contributed by atoms with Crippen LogP contribution in [0.3, 0.4) is 0 Å². The zero-order valence-corrected chi connectivity index (χ0v) is 8.60. The predicted molar refractivity (Wildman–Crippen MR) is 49.6 cm³/mol. The van der Waals surface area contributed by atoms with E-state index in [0.29, 0.717) is 11.8 Å². The molecule has 2 aliphatic carbocycles. The van der Waals surface area contributed by atoms with Crippen molar-refractivity contribution in [3.05, 3.63) is 0 Å². The van der Waals surface area contributed by atoms with E-state index in [1.165, 1.54) is 0 Å². The Labute approximate surface area is 83.8 Å². The lowest BCUT2D eigenvalue weighted by Gasteiger charge is -2.25. The van der Waals surface area contributed by atoms with Gasteiger partial charge in [-0.2, -0.15) is 0 Å². The zero-order valence-electron chi connectivity index (χ0n) is 8.60. The molecule has 0 radical (unpaired) electrons. The Bertz CT molecular complexity index is 274. The van der Waals surface area contributed by atoms with Crippen LogP contribution in [0, 0.1) is 17.8 Å². The number of carbonyl (C=O) groups excluding carboxylic acids is 1. The van der Waals surface area contributed by atoms with Gasteiger partial charge in [0.05, 0.1) is 12.2 Å². The van der Waals surface area contributed by atoms with Gasteiger partial charge in [0.1, 0.15) is 6.29 Å². The fourth-order valence-corrected chi connectivity index (χ4v) is 3.46. The standard InChI is InChI=1S/C11H16O3/c1-11(2)13-9-6-3-7(5-12)8(4-6)10(9)14-11/h5-10H,3-4H2,1-2H3. The molecule has 0 aromatic rings. The van der Waals surface area contributed by atoms with Crippen LogP contribution < -0.4 is 0 Å². The number of fused-ring (bicyclic) bond motifs is 5. The lowest BCUT2D eigenvalue weighted by molar-refractivity contribution is -0.158. The fourth-order valence-electron chi connectivity index (χ4n) is 3.46. The lowest BCUT2D eigenvalue weighted by atomic mass is 9.86. The van der Waals surface area contributed by atoms with Crippen LogP contribution in [0.15, 0.2) is 0 Å². The molecule has 2 bridgehead atoms. The normalized spacial score (nSPS) is 53.4. The van der Waals surface area contributed by atoms with Crippen molar-refractivity contribution in [2.45, 2.75) is 44.7 Å². The molecule has 5 atom stereocenters. The molecule has 78 valence electrons. The Morgan fingerprint density at radius 3 is 2.64 bits per heavy atom. The van der Waals surface area contributed by atoms with Crippen molar-refractivity contribution in [3.63, 3.8) is 0 Å². The van der Waals surface area contributed by atoms with Crippen LogP contribution in [0.25, 0.3) is 0 Å². The summed E-state index contributed by atoms with van der Waals surface area (Å²) in [5.74, 6) is 0.759. The number of hydrogen-bond donors (Lipinski definition) is 0. The minimum atomic E-state index is -0.440. The highest BCUT2D eigenvalue weighted by Gasteiger charge is 2.59. The minimum Gasteiger partial charge on any atom is -0.344 e. The van der Waals surface area contributed by atoms with Crippen molar-refractivity contribution in [3.8, 4) is 0 Å². The number of aldehydes is 1. The highest BCUT2D eigenvalue weighted by molar-refractivity contribution is 5.55. The monoisotopic (exact) mass is 196 g/mol. The van der Waals surface area contributed by atoms with Crippen LogP contribution in [0.5, 0.6) is 0 Å². The summed E-state index contributed by atoms with van der Waals surface area (Å²) in [5.41, 5.74) is 0. The third-order valence-electron chi connectivity index (χ3n) is 3.92.